The van der Waals surface area contributed by atoms with Crippen molar-refractivity contribution in [2.45, 2.75) is 32.1 Å². The predicted molar refractivity (Wildman–Crippen MR) is 74.6 cm³/mol. The number of amides is 1. The lowest BCUT2D eigenvalue weighted by Crippen LogP contribution is -2.08. The molecule has 1 fully saturated rings. The summed E-state index contributed by atoms with van der Waals surface area (Å²) in [4.78, 5) is 12.0. The van der Waals surface area contributed by atoms with Gasteiger partial charge in [-0.3, -0.25) is 4.79 Å². The number of carbonyl (C=O) groups excluding carboxylic acids is 1. The Labute approximate surface area is 112 Å². The van der Waals surface area contributed by atoms with Crippen molar-refractivity contribution in [3.63, 3.8) is 0 Å². The molecule has 1 aliphatic carbocycles. The minimum absolute atomic E-state index is 0.0119. The van der Waals surface area contributed by atoms with Gasteiger partial charge >= 0.3 is 0 Å². The summed E-state index contributed by atoms with van der Waals surface area (Å²) in [5.74, 6) is 0.568. The van der Waals surface area contributed by atoms with E-state index in [0.717, 1.165) is 16.8 Å². The topological polar surface area (TPSA) is 29.1 Å². The van der Waals surface area contributed by atoms with E-state index in [4.69, 9.17) is 11.6 Å². The molecule has 1 N–H and O–H groups in total. The van der Waals surface area contributed by atoms with Crippen molar-refractivity contribution in [1.29, 1.82) is 0 Å². The van der Waals surface area contributed by atoms with Gasteiger partial charge in [0.05, 0.1) is 5.69 Å². The van der Waals surface area contributed by atoms with Gasteiger partial charge < -0.3 is 5.32 Å². The second-order valence-corrected chi connectivity index (χ2v) is 5.56. The molecule has 0 radical (unpaired) electrons. The van der Waals surface area contributed by atoms with Gasteiger partial charge in [-0.2, -0.15) is 0 Å². The molecular formula is C15H16ClNO. The van der Waals surface area contributed by atoms with Gasteiger partial charge in [0.1, 0.15) is 0 Å². The molecule has 2 aliphatic rings. The largest absolute Gasteiger partial charge is 0.321 e. The van der Waals surface area contributed by atoms with Crippen molar-refractivity contribution >= 4 is 28.8 Å². The zero-order chi connectivity index (χ0) is 12.5. The van der Waals surface area contributed by atoms with Gasteiger partial charge in [-0.05, 0) is 30.9 Å². The average molecular weight is 262 g/mol. The summed E-state index contributed by atoms with van der Waals surface area (Å²) in [6.45, 7) is 0. The fourth-order valence-electron chi connectivity index (χ4n) is 2.87. The second kappa shape index (κ2) is 4.77. The third kappa shape index (κ3) is 2.17. The van der Waals surface area contributed by atoms with Crippen LogP contribution in [0.25, 0.3) is 5.57 Å². The molecule has 3 rings (SSSR count). The van der Waals surface area contributed by atoms with Gasteiger partial charge in [0.15, 0.2) is 0 Å². The number of benzene rings is 1. The van der Waals surface area contributed by atoms with E-state index in [-0.39, 0.29) is 5.91 Å². The van der Waals surface area contributed by atoms with Crippen LogP contribution in [0.2, 0.25) is 5.02 Å². The lowest BCUT2D eigenvalue weighted by Gasteiger charge is -2.18. The second-order valence-electron chi connectivity index (χ2n) is 5.12. The van der Waals surface area contributed by atoms with Crippen LogP contribution in [0.5, 0.6) is 0 Å². The number of carbonyl (C=O) groups is 1. The standard InChI is InChI=1S/C15H16ClNO/c16-11-6-7-12-13(15(18)17-14(12)9-11)8-10-4-2-1-3-5-10/h6-10H,1-5H2,(H,17,18)/b13-8+. The molecule has 1 aliphatic heterocycles. The maximum Gasteiger partial charge on any atom is 0.256 e. The van der Waals surface area contributed by atoms with Crippen LogP contribution in [-0.4, -0.2) is 5.91 Å². The summed E-state index contributed by atoms with van der Waals surface area (Å²) in [5.41, 5.74) is 2.66. The summed E-state index contributed by atoms with van der Waals surface area (Å²) < 4.78 is 0. The molecule has 0 spiro atoms. The first-order chi connectivity index (χ1) is 8.74. The Bertz CT molecular complexity index is 515. The first-order valence-electron chi connectivity index (χ1n) is 6.57. The number of fused-ring (bicyclic) bond motifs is 1. The van der Waals surface area contributed by atoms with Crippen molar-refractivity contribution in [2.24, 2.45) is 5.92 Å². The van der Waals surface area contributed by atoms with E-state index >= 15 is 0 Å². The Balaban J connectivity index is 1.93. The highest BCUT2D eigenvalue weighted by Gasteiger charge is 2.25. The van der Waals surface area contributed by atoms with Crippen molar-refractivity contribution in [2.75, 3.05) is 5.32 Å². The number of halogens is 1. The molecule has 1 heterocycles. The molecule has 1 aromatic carbocycles. The molecular weight excluding hydrogens is 246 g/mol. The highest BCUT2D eigenvalue weighted by Crippen LogP contribution is 2.36. The van der Waals surface area contributed by atoms with E-state index in [1.807, 2.05) is 18.2 Å². The van der Waals surface area contributed by atoms with Crippen LogP contribution >= 0.6 is 11.6 Å². The zero-order valence-electron chi connectivity index (χ0n) is 10.2. The minimum Gasteiger partial charge on any atom is -0.321 e. The highest BCUT2D eigenvalue weighted by atomic mass is 35.5. The maximum atomic E-state index is 12.0. The quantitative estimate of drug-likeness (QED) is 0.752. The van der Waals surface area contributed by atoms with Crippen LogP contribution in [0.4, 0.5) is 5.69 Å². The van der Waals surface area contributed by atoms with E-state index in [2.05, 4.69) is 11.4 Å². The van der Waals surface area contributed by atoms with Gasteiger partial charge in [0, 0.05) is 16.2 Å². The van der Waals surface area contributed by atoms with Crippen LogP contribution < -0.4 is 5.32 Å². The molecule has 0 aromatic heterocycles. The van der Waals surface area contributed by atoms with E-state index in [1.54, 1.807) is 0 Å². The molecule has 0 unspecified atom stereocenters. The lowest BCUT2D eigenvalue weighted by atomic mass is 9.87. The number of rotatable bonds is 1. The predicted octanol–water partition coefficient (Wildman–Crippen LogP) is 4.26. The molecule has 0 atom stereocenters. The smallest absolute Gasteiger partial charge is 0.256 e. The van der Waals surface area contributed by atoms with Gasteiger partial charge in [-0.15, -0.1) is 0 Å². The van der Waals surface area contributed by atoms with Gasteiger partial charge in [-0.25, -0.2) is 0 Å². The fourth-order valence-corrected chi connectivity index (χ4v) is 3.04. The summed E-state index contributed by atoms with van der Waals surface area (Å²) in [6.07, 6.45) is 8.47. The van der Waals surface area contributed by atoms with Crippen molar-refractivity contribution < 1.29 is 4.79 Å². The maximum absolute atomic E-state index is 12.0. The molecule has 3 heteroatoms. The highest BCUT2D eigenvalue weighted by molar-refractivity contribution is 6.34. The number of hydrogen-bond acceptors (Lipinski definition) is 1. The third-order valence-corrected chi connectivity index (χ3v) is 4.05. The Hall–Kier alpha value is -1.28. The van der Waals surface area contributed by atoms with Gasteiger partial charge in [0.25, 0.3) is 5.91 Å². The molecule has 1 amide bonds. The van der Waals surface area contributed by atoms with Crippen LogP contribution in [0.3, 0.4) is 0 Å². The van der Waals surface area contributed by atoms with E-state index < -0.39 is 0 Å². The fraction of sp³-hybridized carbons (Fsp3) is 0.400. The molecule has 94 valence electrons. The molecule has 18 heavy (non-hydrogen) atoms. The summed E-state index contributed by atoms with van der Waals surface area (Å²) in [7, 11) is 0. The van der Waals surface area contributed by atoms with Crippen LogP contribution in [0, 0.1) is 5.92 Å². The molecule has 1 aromatic rings. The molecule has 2 nitrogen and oxygen atoms in total. The number of nitrogens with one attached hydrogen (secondary N) is 1. The number of anilines is 1. The SMILES string of the molecule is O=C1Nc2cc(Cl)ccc2/C1=C\C1CCCCC1. The zero-order valence-corrected chi connectivity index (χ0v) is 11.0. The van der Waals surface area contributed by atoms with Crippen molar-refractivity contribution in [3.8, 4) is 0 Å². The average Bonchev–Trinajstić information content (AvgIpc) is 2.66. The first kappa shape index (κ1) is 11.8. The summed E-state index contributed by atoms with van der Waals surface area (Å²) in [5, 5.41) is 3.55. The summed E-state index contributed by atoms with van der Waals surface area (Å²) >= 11 is 5.94. The molecule has 0 saturated heterocycles. The van der Waals surface area contributed by atoms with E-state index in [0.29, 0.717) is 10.9 Å². The van der Waals surface area contributed by atoms with Crippen molar-refractivity contribution in [3.05, 3.63) is 34.9 Å². The summed E-state index contributed by atoms with van der Waals surface area (Å²) in [6, 6.07) is 5.59. The van der Waals surface area contributed by atoms with Crippen LogP contribution in [0.1, 0.15) is 37.7 Å². The normalized spacial score (nSPS) is 22.1. The monoisotopic (exact) mass is 261 g/mol. The Morgan fingerprint density at radius 2 is 2.00 bits per heavy atom. The third-order valence-electron chi connectivity index (χ3n) is 3.82. The number of allylic oxidation sites excluding steroid dienone is 1. The first-order valence-corrected chi connectivity index (χ1v) is 6.95. The minimum atomic E-state index is 0.0119. The van der Waals surface area contributed by atoms with Crippen LogP contribution in [-0.2, 0) is 4.79 Å². The van der Waals surface area contributed by atoms with E-state index in [9.17, 15) is 4.79 Å². The lowest BCUT2D eigenvalue weighted by molar-refractivity contribution is -0.110. The van der Waals surface area contributed by atoms with E-state index in [1.165, 1.54) is 32.1 Å². The Morgan fingerprint density at radius 1 is 1.22 bits per heavy atom. The van der Waals surface area contributed by atoms with Crippen LogP contribution in [0.15, 0.2) is 24.3 Å². The van der Waals surface area contributed by atoms with Gasteiger partial charge in [0.2, 0.25) is 0 Å². The van der Waals surface area contributed by atoms with Crippen molar-refractivity contribution in [1.82, 2.24) is 0 Å². The molecule has 1 saturated carbocycles. The Kier molecular flexibility index (Phi) is 3.13. The Morgan fingerprint density at radius 3 is 2.78 bits per heavy atom. The molecule has 0 bridgehead atoms. The number of hydrogen-bond donors (Lipinski definition) is 1. The van der Waals surface area contributed by atoms with Gasteiger partial charge in [-0.1, -0.05) is 43.0 Å².